The topological polar surface area (TPSA) is 64.1 Å². The lowest BCUT2D eigenvalue weighted by molar-refractivity contribution is 0.105. The standard InChI is InChI=1S/C7H12FN3O.ClH/c8-4-7(12)6(9)5-11-3-1-2-10-11;/h1-3,6-7,12H,4-5,9H2;1H/t6-,7-;/m1./s1. The summed E-state index contributed by atoms with van der Waals surface area (Å²) in [6.07, 6.45) is 2.22. The van der Waals surface area contributed by atoms with Crippen molar-refractivity contribution in [3.8, 4) is 0 Å². The highest BCUT2D eigenvalue weighted by molar-refractivity contribution is 5.85. The van der Waals surface area contributed by atoms with Crippen molar-refractivity contribution in [2.45, 2.75) is 18.7 Å². The van der Waals surface area contributed by atoms with Crippen LogP contribution >= 0.6 is 12.4 Å². The summed E-state index contributed by atoms with van der Waals surface area (Å²) >= 11 is 0. The second-order valence-electron chi connectivity index (χ2n) is 2.61. The van der Waals surface area contributed by atoms with E-state index in [2.05, 4.69) is 5.10 Å². The summed E-state index contributed by atoms with van der Waals surface area (Å²) in [4.78, 5) is 0. The quantitative estimate of drug-likeness (QED) is 0.732. The molecule has 1 aromatic rings. The zero-order chi connectivity index (χ0) is 8.97. The Morgan fingerprint density at radius 1 is 1.62 bits per heavy atom. The second-order valence-corrected chi connectivity index (χ2v) is 2.61. The molecule has 1 aromatic heterocycles. The molecule has 3 N–H and O–H groups in total. The molecule has 0 unspecified atom stereocenters. The fourth-order valence-corrected chi connectivity index (χ4v) is 0.861. The summed E-state index contributed by atoms with van der Waals surface area (Å²) in [7, 11) is 0. The Labute approximate surface area is 82.0 Å². The van der Waals surface area contributed by atoms with Crippen LogP contribution in [0.4, 0.5) is 4.39 Å². The maximum atomic E-state index is 11.9. The average Bonchev–Trinajstić information content (AvgIpc) is 2.55. The Kier molecular flexibility index (Phi) is 5.61. The van der Waals surface area contributed by atoms with Gasteiger partial charge in [0.1, 0.15) is 6.67 Å². The van der Waals surface area contributed by atoms with E-state index in [0.29, 0.717) is 6.54 Å². The monoisotopic (exact) mass is 209 g/mol. The van der Waals surface area contributed by atoms with Crippen molar-refractivity contribution in [3.63, 3.8) is 0 Å². The van der Waals surface area contributed by atoms with Crippen LogP contribution in [0.15, 0.2) is 18.5 Å². The molecule has 4 nitrogen and oxygen atoms in total. The van der Waals surface area contributed by atoms with Gasteiger partial charge in [-0.3, -0.25) is 4.68 Å². The largest absolute Gasteiger partial charge is 0.389 e. The third kappa shape index (κ3) is 3.71. The Bertz CT molecular complexity index is 220. The van der Waals surface area contributed by atoms with E-state index in [0.717, 1.165) is 0 Å². The second kappa shape index (κ2) is 5.90. The third-order valence-electron chi connectivity index (χ3n) is 1.61. The highest BCUT2D eigenvalue weighted by Crippen LogP contribution is 1.95. The normalized spacial score (nSPS) is 14.7. The van der Waals surface area contributed by atoms with E-state index >= 15 is 0 Å². The van der Waals surface area contributed by atoms with Gasteiger partial charge in [-0.25, -0.2) is 4.39 Å². The van der Waals surface area contributed by atoms with Gasteiger partial charge in [0.2, 0.25) is 0 Å². The van der Waals surface area contributed by atoms with Crippen molar-refractivity contribution in [3.05, 3.63) is 18.5 Å². The summed E-state index contributed by atoms with van der Waals surface area (Å²) in [5.41, 5.74) is 5.47. The van der Waals surface area contributed by atoms with Crippen LogP contribution in [0, 0.1) is 0 Å². The highest BCUT2D eigenvalue weighted by Gasteiger charge is 2.14. The molecule has 0 bridgehead atoms. The predicted molar refractivity (Wildman–Crippen MR) is 49.4 cm³/mol. The van der Waals surface area contributed by atoms with Gasteiger partial charge in [-0.05, 0) is 6.07 Å². The lowest BCUT2D eigenvalue weighted by atomic mass is 10.2. The molecule has 0 saturated heterocycles. The van der Waals surface area contributed by atoms with Crippen molar-refractivity contribution in [1.82, 2.24) is 9.78 Å². The number of aromatic nitrogens is 2. The zero-order valence-electron chi connectivity index (χ0n) is 7.01. The first-order valence-corrected chi connectivity index (χ1v) is 3.71. The smallest absolute Gasteiger partial charge is 0.117 e. The molecule has 1 rings (SSSR count). The van der Waals surface area contributed by atoms with Gasteiger partial charge in [-0.1, -0.05) is 0 Å². The van der Waals surface area contributed by atoms with Gasteiger partial charge in [0.15, 0.2) is 0 Å². The molecular weight excluding hydrogens is 197 g/mol. The molecule has 2 atom stereocenters. The molecule has 0 aliphatic heterocycles. The first kappa shape index (κ1) is 12.3. The predicted octanol–water partition coefficient (Wildman–Crippen LogP) is -0.0374. The number of hydrogen-bond acceptors (Lipinski definition) is 3. The van der Waals surface area contributed by atoms with E-state index in [9.17, 15) is 4.39 Å². The van der Waals surface area contributed by atoms with Crippen molar-refractivity contribution in [2.75, 3.05) is 6.67 Å². The molecule has 0 saturated carbocycles. The summed E-state index contributed by atoms with van der Waals surface area (Å²) < 4.78 is 13.5. The van der Waals surface area contributed by atoms with E-state index < -0.39 is 18.8 Å². The fourth-order valence-electron chi connectivity index (χ4n) is 0.861. The van der Waals surface area contributed by atoms with Crippen LogP contribution in [0.5, 0.6) is 0 Å². The molecule has 0 fully saturated rings. The first-order valence-electron chi connectivity index (χ1n) is 3.71. The number of halogens is 2. The summed E-state index contributed by atoms with van der Waals surface area (Å²) in [6, 6.07) is 1.14. The van der Waals surface area contributed by atoms with Crippen molar-refractivity contribution in [1.29, 1.82) is 0 Å². The number of hydrogen-bond donors (Lipinski definition) is 2. The zero-order valence-corrected chi connectivity index (χ0v) is 7.82. The number of aliphatic hydroxyl groups is 1. The minimum Gasteiger partial charge on any atom is -0.389 e. The molecule has 0 spiro atoms. The number of nitrogens with two attached hydrogens (primary N) is 1. The number of alkyl halides is 1. The van der Waals surface area contributed by atoms with Crippen LogP contribution in [-0.2, 0) is 6.54 Å². The fraction of sp³-hybridized carbons (Fsp3) is 0.571. The molecule has 0 radical (unpaired) electrons. The van der Waals surface area contributed by atoms with Gasteiger partial charge in [0, 0.05) is 12.4 Å². The van der Waals surface area contributed by atoms with Gasteiger partial charge in [0.05, 0.1) is 18.7 Å². The van der Waals surface area contributed by atoms with Crippen molar-refractivity contribution < 1.29 is 9.50 Å². The third-order valence-corrected chi connectivity index (χ3v) is 1.61. The number of aliphatic hydroxyl groups excluding tert-OH is 1. The number of nitrogens with zero attached hydrogens (tertiary/aromatic N) is 2. The molecule has 1 heterocycles. The average molecular weight is 210 g/mol. The van der Waals surface area contributed by atoms with Gasteiger partial charge in [0.25, 0.3) is 0 Å². The highest BCUT2D eigenvalue weighted by atomic mass is 35.5. The van der Waals surface area contributed by atoms with Crippen LogP contribution in [0.3, 0.4) is 0 Å². The van der Waals surface area contributed by atoms with E-state index in [-0.39, 0.29) is 12.4 Å². The maximum absolute atomic E-state index is 11.9. The molecule has 13 heavy (non-hydrogen) atoms. The molecule has 0 aromatic carbocycles. The minimum atomic E-state index is -1.10. The minimum absolute atomic E-state index is 0. The van der Waals surface area contributed by atoms with Crippen LogP contribution in [0.25, 0.3) is 0 Å². The van der Waals surface area contributed by atoms with Crippen LogP contribution in [-0.4, -0.2) is 33.7 Å². The Morgan fingerprint density at radius 2 is 2.31 bits per heavy atom. The van der Waals surface area contributed by atoms with E-state index in [4.69, 9.17) is 10.8 Å². The Hall–Kier alpha value is -0.650. The first-order chi connectivity index (χ1) is 5.74. The van der Waals surface area contributed by atoms with E-state index in [1.165, 1.54) is 0 Å². The summed E-state index contributed by atoms with van der Waals surface area (Å²) in [6.45, 7) is -0.486. The van der Waals surface area contributed by atoms with Gasteiger partial charge < -0.3 is 10.8 Å². The van der Waals surface area contributed by atoms with Crippen molar-refractivity contribution in [2.24, 2.45) is 5.73 Å². The van der Waals surface area contributed by atoms with Crippen LogP contribution in [0.2, 0.25) is 0 Å². The maximum Gasteiger partial charge on any atom is 0.117 e. The van der Waals surface area contributed by atoms with Crippen molar-refractivity contribution >= 4 is 12.4 Å². The lowest BCUT2D eigenvalue weighted by Gasteiger charge is -2.15. The summed E-state index contributed by atoms with van der Waals surface area (Å²) in [5, 5.41) is 12.9. The molecule has 0 aliphatic carbocycles. The molecular formula is C7H13ClFN3O. The lowest BCUT2D eigenvalue weighted by Crippen LogP contribution is -2.39. The SMILES string of the molecule is Cl.N[C@H](Cn1cccn1)[C@H](O)CF. The van der Waals surface area contributed by atoms with Gasteiger partial charge in [-0.15, -0.1) is 12.4 Å². The Balaban J connectivity index is 0.00000144. The Morgan fingerprint density at radius 3 is 2.77 bits per heavy atom. The van der Waals surface area contributed by atoms with Crippen LogP contribution < -0.4 is 5.73 Å². The molecule has 6 heteroatoms. The van der Waals surface area contributed by atoms with E-state index in [1.54, 1.807) is 23.1 Å². The van der Waals surface area contributed by atoms with Gasteiger partial charge >= 0.3 is 0 Å². The van der Waals surface area contributed by atoms with E-state index in [1.807, 2.05) is 0 Å². The number of rotatable bonds is 4. The molecule has 0 aliphatic rings. The van der Waals surface area contributed by atoms with Gasteiger partial charge in [-0.2, -0.15) is 5.10 Å². The van der Waals surface area contributed by atoms with Crippen LogP contribution in [0.1, 0.15) is 0 Å². The molecule has 76 valence electrons. The summed E-state index contributed by atoms with van der Waals surface area (Å²) in [5.74, 6) is 0. The molecule has 0 amide bonds.